The number of pyridine rings is 2. The summed E-state index contributed by atoms with van der Waals surface area (Å²) in [5, 5.41) is 0.137. The SMILES string of the molecule is NC(=O)c1nccc2[nH]c([C@H]3CC[C@@H](C4CC(F)(F)C4)C[C@@H]3C3CCC(F)(F)CC3)cc(=O)c12. The van der Waals surface area contributed by atoms with Crippen LogP contribution in [-0.4, -0.2) is 27.7 Å². The Morgan fingerprint density at radius 2 is 1.71 bits per heavy atom. The van der Waals surface area contributed by atoms with Crippen LogP contribution in [0.4, 0.5) is 17.6 Å². The number of nitrogens with one attached hydrogen (secondary N) is 1. The molecule has 3 atom stereocenters. The molecule has 184 valence electrons. The van der Waals surface area contributed by atoms with Crippen molar-refractivity contribution in [3.05, 3.63) is 39.9 Å². The quantitative estimate of drug-likeness (QED) is 0.576. The molecule has 0 radical (unpaired) electrons. The number of halogens is 4. The van der Waals surface area contributed by atoms with Crippen LogP contribution in [0, 0.1) is 23.7 Å². The Morgan fingerprint density at radius 3 is 2.35 bits per heavy atom. The minimum Gasteiger partial charge on any atom is -0.364 e. The maximum Gasteiger partial charge on any atom is 0.268 e. The molecule has 0 aliphatic heterocycles. The van der Waals surface area contributed by atoms with Crippen LogP contribution >= 0.6 is 0 Å². The molecule has 3 aliphatic rings. The first-order chi connectivity index (χ1) is 16.0. The fourth-order valence-electron chi connectivity index (χ4n) is 6.71. The van der Waals surface area contributed by atoms with Crippen LogP contribution < -0.4 is 11.2 Å². The third-order valence-electron chi connectivity index (χ3n) is 8.49. The Hall–Kier alpha value is -2.45. The number of nitrogens with zero attached hydrogens (tertiary/aromatic N) is 1. The van der Waals surface area contributed by atoms with Crippen molar-refractivity contribution in [1.82, 2.24) is 9.97 Å². The fraction of sp³-hybridized carbons (Fsp3) is 0.640. The van der Waals surface area contributed by atoms with E-state index in [9.17, 15) is 27.2 Å². The molecule has 3 aliphatic carbocycles. The molecule has 3 fully saturated rings. The highest BCUT2D eigenvalue weighted by Crippen LogP contribution is 2.55. The molecule has 0 bridgehead atoms. The molecular formula is C25H29F4N3O2. The van der Waals surface area contributed by atoms with E-state index >= 15 is 0 Å². The van der Waals surface area contributed by atoms with Crippen molar-refractivity contribution in [3.63, 3.8) is 0 Å². The number of aromatic amines is 1. The van der Waals surface area contributed by atoms with Crippen molar-refractivity contribution >= 4 is 16.8 Å². The van der Waals surface area contributed by atoms with Crippen molar-refractivity contribution in [2.24, 2.45) is 29.4 Å². The molecule has 5 rings (SSSR count). The Kier molecular flexibility index (Phi) is 5.72. The zero-order valence-corrected chi connectivity index (χ0v) is 18.8. The van der Waals surface area contributed by atoms with Gasteiger partial charge in [-0.3, -0.25) is 14.6 Å². The number of amides is 1. The van der Waals surface area contributed by atoms with Gasteiger partial charge in [0.15, 0.2) is 5.43 Å². The van der Waals surface area contributed by atoms with Crippen molar-refractivity contribution in [1.29, 1.82) is 0 Å². The Morgan fingerprint density at radius 1 is 1.00 bits per heavy atom. The summed E-state index contributed by atoms with van der Waals surface area (Å²) >= 11 is 0. The molecule has 34 heavy (non-hydrogen) atoms. The lowest BCUT2D eigenvalue weighted by Crippen LogP contribution is -2.43. The summed E-state index contributed by atoms with van der Waals surface area (Å²) in [6.07, 6.45) is 3.91. The predicted molar refractivity (Wildman–Crippen MR) is 119 cm³/mol. The van der Waals surface area contributed by atoms with Gasteiger partial charge in [0.1, 0.15) is 5.69 Å². The molecular weight excluding hydrogens is 450 g/mol. The monoisotopic (exact) mass is 479 g/mol. The summed E-state index contributed by atoms with van der Waals surface area (Å²) in [5.41, 5.74) is 6.10. The minimum absolute atomic E-state index is 0.0247. The van der Waals surface area contributed by atoms with Crippen molar-refractivity contribution in [2.75, 3.05) is 0 Å². The minimum atomic E-state index is -2.65. The highest BCUT2D eigenvalue weighted by Gasteiger charge is 2.51. The van der Waals surface area contributed by atoms with E-state index in [-0.39, 0.29) is 71.8 Å². The van der Waals surface area contributed by atoms with Gasteiger partial charge in [-0.1, -0.05) is 0 Å². The topological polar surface area (TPSA) is 88.8 Å². The van der Waals surface area contributed by atoms with E-state index in [0.717, 1.165) is 6.42 Å². The Bertz CT molecular complexity index is 1150. The number of aromatic nitrogens is 2. The van der Waals surface area contributed by atoms with Gasteiger partial charge in [0.05, 0.1) is 10.9 Å². The molecule has 1 amide bonds. The van der Waals surface area contributed by atoms with E-state index in [1.54, 1.807) is 6.07 Å². The lowest BCUT2D eigenvalue weighted by Gasteiger charge is -2.48. The first-order valence-electron chi connectivity index (χ1n) is 12.1. The van der Waals surface area contributed by atoms with E-state index in [1.807, 2.05) is 0 Å². The van der Waals surface area contributed by atoms with Gasteiger partial charge < -0.3 is 10.7 Å². The van der Waals surface area contributed by atoms with Gasteiger partial charge in [-0.15, -0.1) is 0 Å². The summed E-state index contributed by atoms with van der Waals surface area (Å²) < 4.78 is 54.8. The van der Waals surface area contributed by atoms with Gasteiger partial charge >= 0.3 is 0 Å². The Balaban J connectivity index is 1.47. The summed E-state index contributed by atoms with van der Waals surface area (Å²) in [6, 6.07) is 3.09. The van der Waals surface area contributed by atoms with Crippen LogP contribution in [0.1, 0.15) is 79.9 Å². The van der Waals surface area contributed by atoms with E-state index in [4.69, 9.17) is 5.73 Å². The van der Waals surface area contributed by atoms with Crippen molar-refractivity contribution in [2.45, 2.75) is 75.6 Å². The third-order valence-corrected chi connectivity index (χ3v) is 8.49. The first-order valence-corrected chi connectivity index (χ1v) is 12.1. The zero-order chi connectivity index (χ0) is 24.3. The number of nitrogens with two attached hydrogens (primary N) is 1. The molecule has 3 N–H and O–H groups in total. The number of carbonyl (C=O) groups is 1. The van der Waals surface area contributed by atoms with Gasteiger partial charge in [-0.25, -0.2) is 17.6 Å². The van der Waals surface area contributed by atoms with E-state index < -0.39 is 17.8 Å². The van der Waals surface area contributed by atoms with Crippen LogP contribution in [-0.2, 0) is 0 Å². The van der Waals surface area contributed by atoms with Gasteiger partial charge in [0.25, 0.3) is 5.91 Å². The molecule has 2 heterocycles. The second-order valence-corrected chi connectivity index (χ2v) is 10.6. The summed E-state index contributed by atoms with van der Waals surface area (Å²) in [6.45, 7) is 0. The van der Waals surface area contributed by atoms with Gasteiger partial charge in [-0.05, 0) is 61.8 Å². The average molecular weight is 480 g/mol. The van der Waals surface area contributed by atoms with Crippen LogP contribution in [0.2, 0.25) is 0 Å². The van der Waals surface area contributed by atoms with Gasteiger partial charge in [0, 0.05) is 49.6 Å². The molecule has 0 unspecified atom stereocenters. The largest absolute Gasteiger partial charge is 0.364 e. The normalized spacial score (nSPS) is 29.6. The maximum atomic E-state index is 13.9. The van der Waals surface area contributed by atoms with Crippen molar-refractivity contribution in [3.8, 4) is 0 Å². The summed E-state index contributed by atoms with van der Waals surface area (Å²) in [5.74, 6) is -5.85. The molecule has 0 spiro atoms. The third kappa shape index (κ3) is 4.33. The molecule has 0 aromatic carbocycles. The van der Waals surface area contributed by atoms with Gasteiger partial charge in [0.2, 0.25) is 11.8 Å². The number of carbonyl (C=O) groups excluding carboxylic acids is 1. The van der Waals surface area contributed by atoms with E-state index in [2.05, 4.69) is 9.97 Å². The summed E-state index contributed by atoms with van der Waals surface area (Å²) in [4.78, 5) is 32.0. The number of hydrogen-bond donors (Lipinski definition) is 2. The average Bonchev–Trinajstić information content (AvgIpc) is 2.76. The maximum absolute atomic E-state index is 13.9. The van der Waals surface area contributed by atoms with Crippen LogP contribution in [0.5, 0.6) is 0 Å². The molecule has 3 saturated carbocycles. The number of primary amides is 1. The van der Waals surface area contributed by atoms with E-state index in [1.165, 1.54) is 12.3 Å². The van der Waals surface area contributed by atoms with Crippen LogP contribution in [0.3, 0.4) is 0 Å². The van der Waals surface area contributed by atoms with Crippen LogP contribution in [0.15, 0.2) is 23.1 Å². The zero-order valence-electron chi connectivity index (χ0n) is 18.8. The first kappa shape index (κ1) is 23.3. The van der Waals surface area contributed by atoms with Crippen molar-refractivity contribution < 1.29 is 22.4 Å². The molecule has 5 nitrogen and oxygen atoms in total. The van der Waals surface area contributed by atoms with Crippen LogP contribution in [0.25, 0.3) is 10.9 Å². The van der Waals surface area contributed by atoms with Gasteiger partial charge in [-0.2, -0.15) is 0 Å². The molecule has 0 saturated heterocycles. The predicted octanol–water partition coefficient (Wildman–Crippen LogP) is 5.39. The smallest absolute Gasteiger partial charge is 0.268 e. The molecule has 2 aromatic rings. The highest BCUT2D eigenvalue weighted by molar-refractivity contribution is 6.03. The Labute approximate surface area is 194 Å². The van der Waals surface area contributed by atoms with E-state index in [0.29, 0.717) is 36.9 Å². The lowest BCUT2D eigenvalue weighted by atomic mass is 9.59. The molecule has 2 aromatic heterocycles. The number of alkyl halides is 4. The number of H-pyrrole nitrogens is 1. The second kappa shape index (κ2) is 8.34. The fourth-order valence-corrected chi connectivity index (χ4v) is 6.71. The number of rotatable bonds is 4. The second-order valence-electron chi connectivity index (χ2n) is 10.6. The number of fused-ring (bicyclic) bond motifs is 1. The molecule has 9 heteroatoms. The lowest BCUT2D eigenvalue weighted by molar-refractivity contribution is -0.134. The number of hydrogen-bond acceptors (Lipinski definition) is 3. The summed E-state index contributed by atoms with van der Waals surface area (Å²) in [7, 11) is 0. The highest BCUT2D eigenvalue weighted by atomic mass is 19.3. The standard InChI is InChI=1S/C25H29F4N3O2/c26-24(27)6-3-13(4-7-24)17-9-14(15-11-25(28,29)12-15)1-2-16(17)19-10-20(33)21-18(32-19)5-8-31-22(21)23(30)34/h5,8,10,13-17H,1-4,6-7,9,11-12H2,(H2,30,34)(H,32,33)/t14-,16+,17-/m1/s1.